The van der Waals surface area contributed by atoms with Crippen LogP contribution in [0.25, 0.3) is 0 Å². The number of piperidine rings is 1. The number of nitrogens with one attached hydrogen (secondary N) is 1. The first-order valence-corrected chi connectivity index (χ1v) is 8.66. The van der Waals surface area contributed by atoms with Crippen molar-refractivity contribution >= 4 is 5.82 Å². The molecule has 3 rings (SSSR count). The first-order chi connectivity index (χ1) is 12.2. The summed E-state index contributed by atoms with van der Waals surface area (Å²) in [7, 11) is 3.87. The van der Waals surface area contributed by atoms with Gasteiger partial charge in [0.05, 0.1) is 12.7 Å². The molecule has 1 saturated heterocycles. The van der Waals surface area contributed by atoms with Crippen molar-refractivity contribution in [2.75, 3.05) is 32.6 Å². The van der Waals surface area contributed by atoms with Gasteiger partial charge < -0.3 is 10.1 Å². The molecule has 1 aromatic heterocycles. The summed E-state index contributed by atoms with van der Waals surface area (Å²) in [5.74, 6) is 2.01. The molecule has 2 unspecified atom stereocenters. The Hall–Kier alpha value is -2.58. The van der Waals surface area contributed by atoms with Gasteiger partial charge in [0, 0.05) is 18.8 Å². The van der Waals surface area contributed by atoms with E-state index >= 15 is 0 Å². The van der Waals surface area contributed by atoms with Gasteiger partial charge in [-0.05, 0) is 62.2 Å². The molecule has 25 heavy (non-hydrogen) atoms. The zero-order valence-corrected chi connectivity index (χ0v) is 14.8. The van der Waals surface area contributed by atoms with Gasteiger partial charge in [-0.25, -0.2) is 4.98 Å². The second-order valence-corrected chi connectivity index (χ2v) is 6.49. The SMILES string of the molecule is COc1ccc(C2C(CNc3ncccc3C#N)CCCN2C)cc1. The highest BCUT2D eigenvalue weighted by molar-refractivity contribution is 5.51. The summed E-state index contributed by atoms with van der Waals surface area (Å²) >= 11 is 0. The second kappa shape index (κ2) is 8.00. The third-order valence-corrected chi connectivity index (χ3v) is 4.92. The molecule has 1 aliphatic heterocycles. The Kier molecular flexibility index (Phi) is 5.52. The van der Waals surface area contributed by atoms with Crippen molar-refractivity contribution in [2.45, 2.75) is 18.9 Å². The van der Waals surface area contributed by atoms with Crippen molar-refractivity contribution in [2.24, 2.45) is 5.92 Å². The largest absolute Gasteiger partial charge is 0.497 e. The molecule has 2 heterocycles. The number of ether oxygens (including phenoxy) is 1. The number of pyridine rings is 1. The molecule has 1 fully saturated rings. The van der Waals surface area contributed by atoms with Crippen LogP contribution in [0.2, 0.25) is 0 Å². The van der Waals surface area contributed by atoms with Gasteiger partial charge in [0.25, 0.3) is 0 Å². The maximum absolute atomic E-state index is 9.23. The highest BCUT2D eigenvalue weighted by Crippen LogP contribution is 2.35. The standard InChI is InChI=1S/C20H24N4O/c1-24-12-4-6-17(14-23-20-16(13-21)5-3-11-22-20)19(24)15-7-9-18(25-2)10-8-15/h3,5,7-11,17,19H,4,6,12,14H2,1-2H3,(H,22,23). The van der Waals surface area contributed by atoms with E-state index < -0.39 is 0 Å². The molecule has 2 aromatic rings. The fourth-order valence-corrected chi connectivity index (χ4v) is 3.67. The Morgan fingerprint density at radius 3 is 2.84 bits per heavy atom. The number of aromatic nitrogens is 1. The van der Waals surface area contributed by atoms with E-state index in [1.54, 1.807) is 25.4 Å². The number of anilines is 1. The minimum Gasteiger partial charge on any atom is -0.497 e. The monoisotopic (exact) mass is 336 g/mol. The molecule has 0 bridgehead atoms. The van der Waals surface area contributed by atoms with Crippen molar-refractivity contribution in [1.82, 2.24) is 9.88 Å². The minimum absolute atomic E-state index is 0.349. The molecule has 130 valence electrons. The Balaban J connectivity index is 1.76. The molecule has 5 nitrogen and oxygen atoms in total. The van der Waals surface area contributed by atoms with Crippen LogP contribution in [0.3, 0.4) is 0 Å². The van der Waals surface area contributed by atoms with E-state index in [0.717, 1.165) is 25.3 Å². The fraction of sp³-hybridized carbons (Fsp3) is 0.400. The average Bonchev–Trinajstić information content (AvgIpc) is 2.67. The first kappa shape index (κ1) is 17.2. The van der Waals surface area contributed by atoms with Gasteiger partial charge in [0.1, 0.15) is 17.6 Å². The molecule has 1 aliphatic rings. The predicted molar refractivity (Wildman–Crippen MR) is 98.5 cm³/mol. The summed E-state index contributed by atoms with van der Waals surface area (Å²) in [4.78, 5) is 6.73. The van der Waals surface area contributed by atoms with Crippen LogP contribution < -0.4 is 10.1 Å². The van der Waals surface area contributed by atoms with E-state index in [4.69, 9.17) is 4.74 Å². The average molecular weight is 336 g/mol. The minimum atomic E-state index is 0.349. The summed E-state index contributed by atoms with van der Waals surface area (Å²) in [6, 6.07) is 14.5. The van der Waals surface area contributed by atoms with Crippen molar-refractivity contribution in [3.05, 3.63) is 53.7 Å². The normalized spacial score (nSPS) is 20.7. The lowest BCUT2D eigenvalue weighted by Crippen LogP contribution is -2.39. The number of nitrogens with zero attached hydrogens (tertiary/aromatic N) is 3. The molecule has 0 spiro atoms. The van der Waals surface area contributed by atoms with Gasteiger partial charge in [-0.3, -0.25) is 4.90 Å². The van der Waals surface area contributed by atoms with E-state index in [1.807, 2.05) is 12.1 Å². The van der Waals surface area contributed by atoms with Crippen LogP contribution >= 0.6 is 0 Å². The highest BCUT2D eigenvalue weighted by atomic mass is 16.5. The van der Waals surface area contributed by atoms with E-state index in [1.165, 1.54) is 12.0 Å². The molecular formula is C20H24N4O. The Labute approximate surface area is 149 Å². The second-order valence-electron chi connectivity index (χ2n) is 6.49. The molecule has 0 saturated carbocycles. The van der Waals surface area contributed by atoms with Crippen LogP contribution in [0, 0.1) is 17.2 Å². The lowest BCUT2D eigenvalue weighted by molar-refractivity contribution is 0.128. The molecular weight excluding hydrogens is 312 g/mol. The maximum Gasteiger partial charge on any atom is 0.143 e. The van der Waals surface area contributed by atoms with Crippen LogP contribution in [0.15, 0.2) is 42.6 Å². The first-order valence-electron chi connectivity index (χ1n) is 8.66. The molecule has 0 radical (unpaired) electrons. The molecule has 1 aromatic carbocycles. The van der Waals surface area contributed by atoms with Crippen LogP contribution in [-0.4, -0.2) is 37.1 Å². The summed E-state index contributed by atoms with van der Waals surface area (Å²) in [5, 5.41) is 12.6. The number of hydrogen-bond acceptors (Lipinski definition) is 5. The number of benzene rings is 1. The van der Waals surface area contributed by atoms with E-state index in [9.17, 15) is 5.26 Å². The van der Waals surface area contributed by atoms with Crippen molar-refractivity contribution in [3.63, 3.8) is 0 Å². The van der Waals surface area contributed by atoms with E-state index in [0.29, 0.717) is 23.3 Å². The maximum atomic E-state index is 9.23. The summed E-state index contributed by atoms with van der Waals surface area (Å²) in [5.41, 5.74) is 1.89. The van der Waals surface area contributed by atoms with Gasteiger partial charge in [-0.15, -0.1) is 0 Å². The number of likely N-dealkylation sites (tertiary alicyclic amines) is 1. The van der Waals surface area contributed by atoms with Crippen LogP contribution in [0.4, 0.5) is 5.82 Å². The van der Waals surface area contributed by atoms with E-state index in [2.05, 4.69) is 40.5 Å². The third kappa shape index (κ3) is 3.92. The summed E-state index contributed by atoms with van der Waals surface area (Å²) in [6.45, 7) is 1.90. The number of nitriles is 1. The van der Waals surface area contributed by atoms with Gasteiger partial charge >= 0.3 is 0 Å². The van der Waals surface area contributed by atoms with Crippen LogP contribution in [-0.2, 0) is 0 Å². The third-order valence-electron chi connectivity index (χ3n) is 4.92. The molecule has 2 atom stereocenters. The van der Waals surface area contributed by atoms with Gasteiger partial charge in [-0.1, -0.05) is 12.1 Å². The van der Waals surface area contributed by atoms with Crippen LogP contribution in [0.5, 0.6) is 5.75 Å². The van der Waals surface area contributed by atoms with Crippen molar-refractivity contribution in [3.8, 4) is 11.8 Å². The molecule has 0 aliphatic carbocycles. The van der Waals surface area contributed by atoms with Crippen molar-refractivity contribution < 1.29 is 4.74 Å². The lowest BCUT2D eigenvalue weighted by atomic mass is 9.85. The Bertz CT molecular complexity index is 738. The van der Waals surface area contributed by atoms with Gasteiger partial charge in [0.2, 0.25) is 0 Å². The Morgan fingerprint density at radius 1 is 1.32 bits per heavy atom. The molecule has 1 N–H and O–H groups in total. The number of rotatable bonds is 5. The van der Waals surface area contributed by atoms with Crippen molar-refractivity contribution in [1.29, 1.82) is 5.26 Å². The molecule has 5 heteroatoms. The fourth-order valence-electron chi connectivity index (χ4n) is 3.67. The Morgan fingerprint density at radius 2 is 2.12 bits per heavy atom. The van der Waals surface area contributed by atoms with Gasteiger partial charge in [-0.2, -0.15) is 5.26 Å². The number of methoxy groups -OCH3 is 1. The zero-order chi connectivity index (χ0) is 17.6. The number of hydrogen-bond donors (Lipinski definition) is 1. The molecule has 0 amide bonds. The lowest BCUT2D eigenvalue weighted by Gasteiger charge is -2.39. The van der Waals surface area contributed by atoms with Gasteiger partial charge in [0.15, 0.2) is 0 Å². The van der Waals surface area contributed by atoms with E-state index in [-0.39, 0.29) is 0 Å². The summed E-state index contributed by atoms with van der Waals surface area (Å²) < 4.78 is 5.28. The highest BCUT2D eigenvalue weighted by Gasteiger charge is 2.30. The quantitative estimate of drug-likeness (QED) is 0.906. The predicted octanol–water partition coefficient (Wildman–Crippen LogP) is 3.46. The zero-order valence-electron chi connectivity index (χ0n) is 14.8. The van der Waals surface area contributed by atoms with Crippen LogP contribution in [0.1, 0.15) is 30.0 Å². The smallest absolute Gasteiger partial charge is 0.143 e. The topological polar surface area (TPSA) is 61.2 Å². The summed E-state index contributed by atoms with van der Waals surface area (Å²) in [6.07, 6.45) is 4.06.